The largest absolute Gasteiger partial charge is 0.479 e. The van der Waals surface area contributed by atoms with Crippen LogP contribution in [0.1, 0.15) is 44.9 Å². The molecule has 1 aliphatic heterocycles. The second kappa shape index (κ2) is 4.45. The number of aliphatic carboxylic acids is 1. The highest BCUT2D eigenvalue weighted by Gasteiger charge is 2.56. The van der Waals surface area contributed by atoms with Crippen molar-refractivity contribution in [1.29, 1.82) is 0 Å². The van der Waals surface area contributed by atoms with Crippen molar-refractivity contribution in [3.63, 3.8) is 0 Å². The fourth-order valence-corrected chi connectivity index (χ4v) is 5.62. The number of carboxylic acids is 1. The Balaban J connectivity index is 1.56. The van der Waals surface area contributed by atoms with Gasteiger partial charge in [-0.05, 0) is 56.3 Å². The van der Waals surface area contributed by atoms with Gasteiger partial charge in [0.25, 0.3) is 0 Å². The van der Waals surface area contributed by atoms with Gasteiger partial charge in [-0.3, -0.25) is 4.79 Å². The first-order chi connectivity index (χ1) is 10.0. The van der Waals surface area contributed by atoms with E-state index in [2.05, 4.69) is 5.32 Å². The Morgan fingerprint density at radius 3 is 2.05 bits per heavy atom. The predicted octanol–water partition coefficient (Wildman–Crippen LogP) is 1.56. The van der Waals surface area contributed by atoms with Gasteiger partial charge in [0.1, 0.15) is 0 Å². The highest BCUT2D eigenvalue weighted by molar-refractivity contribution is 5.90. The van der Waals surface area contributed by atoms with Gasteiger partial charge in [0.05, 0.1) is 6.61 Å². The molecule has 5 aliphatic rings. The van der Waals surface area contributed by atoms with Crippen molar-refractivity contribution < 1.29 is 19.4 Å². The van der Waals surface area contributed by atoms with E-state index >= 15 is 0 Å². The van der Waals surface area contributed by atoms with Crippen LogP contribution in [0, 0.1) is 23.2 Å². The van der Waals surface area contributed by atoms with Gasteiger partial charge in [0.15, 0.2) is 5.54 Å². The standard InChI is InChI=1S/C16H23NO4/c18-13(17-16(14(19)20)1-2-21-9-16)15-6-10-3-11(7-15)5-12(4-10)8-15/h10-12H,1-9H2,(H,17,18)(H,19,20). The average molecular weight is 293 g/mol. The minimum atomic E-state index is -1.19. The summed E-state index contributed by atoms with van der Waals surface area (Å²) in [5.74, 6) is 1.07. The molecular formula is C16H23NO4. The smallest absolute Gasteiger partial charge is 0.331 e. The molecule has 2 N–H and O–H groups in total. The molecule has 0 spiro atoms. The van der Waals surface area contributed by atoms with Gasteiger partial charge in [-0.1, -0.05) is 0 Å². The van der Waals surface area contributed by atoms with Crippen molar-refractivity contribution in [2.24, 2.45) is 23.2 Å². The molecule has 4 aliphatic carbocycles. The topological polar surface area (TPSA) is 75.6 Å². The molecule has 4 saturated carbocycles. The highest BCUT2D eigenvalue weighted by atomic mass is 16.5. The maximum absolute atomic E-state index is 12.9. The third-order valence-corrected chi connectivity index (χ3v) is 6.30. The second-order valence-electron chi connectivity index (χ2n) is 7.84. The number of rotatable bonds is 3. The fraction of sp³-hybridized carbons (Fsp3) is 0.875. The van der Waals surface area contributed by atoms with Crippen LogP contribution in [0.15, 0.2) is 0 Å². The monoisotopic (exact) mass is 293 g/mol. The summed E-state index contributed by atoms with van der Waals surface area (Å²) >= 11 is 0. The van der Waals surface area contributed by atoms with Crippen molar-refractivity contribution in [3.05, 3.63) is 0 Å². The van der Waals surface area contributed by atoms with E-state index in [0.717, 1.165) is 19.3 Å². The molecule has 5 rings (SSSR count). The molecule has 5 heteroatoms. The molecule has 1 amide bonds. The Hall–Kier alpha value is -1.10. The van der Waals surface area contributed by atoms with Gasteiger partial charge in [-0.25, -0.2) is 4.79 Å². The molecule has 21 heavy (non-hydrogen) atoms. The summed E-state index contributed by atoms with van der Waals surface area (Å²) in [6.07, 6.45) is 7.09. The molecule has 116 valence electrons. The van der Waals surface area contributed by atoms with Crippen LogP contribution in [-0.4, -0.2) is 35.7 Å². The molecule has 5 nitrogen and oxygen atoms in total. The van der Waals surface area contributed by atoms with E-state index in [9.17, 15) is 14.7 Å². The maximum atomic E-state index is 12.9. The zero-order valence-corrected chi connectivity index (χ0v) is 12.3. The number of nitrogens with one attached hydrogen (secondary N) is 1. The molecule has 1 unspecified atom stereocenters. The normalized spacial score (nSPS) is 47.5. The highest BCUT2D eigenvalue weighted by Crippen LogP contribution is 2.60. The van der Waals surface area contributed by atoms with Crippen molar-refractivity contribution in [2.45, 2.75) is 50.5 Å². The number of amides is 1. The summed E-state index contributed by atoms with van der Waals surface area (Å²) in [7, 11) is 0. The third-order valence-electron chi connectivity index (χ3n) is 6.30. The van der Waals surface area contributed by atoms with Crippen LogP contribution in [0.25, 0.3) is 0 Å². The first-order valence-corrected chi connectivity index (χ1v) is 8.15. The van der Waals surface area contributed by atoms with Crippen LogP contribution < -0.4 is 5.32 Å². The van der Waals surface area contributed by atoms with Crippen LogP contribution in [0.4, 0.5) is 0 Å². The van der Waals surface area contributed by atoms with Gasteiger partial charge >= 0.3 is 5.97 Å². The van der Waals surface area contributed by atoms with Gasteiger partial charge in [0, 0.05) is 18.4 Å². The van der Waals surface area contributed by atoms with E-state index in [0.29, 0.717) is 30.8 Å². The Labute approximate surface area is 124 Å². The number of hydrogen-bond donors (Lipinski definition) is 2. The summed E-state index contributed by atoms with van der Waals surface area (Å²) < 4.78 is 5.25. The number of carbonyl (C=O) groups is 2. The Bertz CT molecular complexity index is 445. The number of carboxylic acid groups (broad SMARTS) is 1. The lowest BCUT2D eigenvalue weighted by Crippen LogP contribution is -2.61. The average Bonchev–Trinajstić information content (AvgIpc) is 2.87. The first-order valence-electron chi connectivity index (χ1n) is 8.15. The number of carbonyl (C=O) groups excluding carboxylic acids is 1. The van der Waals surface area contributed by atoms with Gasteiger partial charge in [0.2, 0.25) is 5.91 Å². The van der Waals surface area contributed by atoms with E-state index in [1.807, 2.05) is 0 Å². The van der Waals surface area contributed by atoms with Crippen LogP contribution in [0.2, 0.25) is 0 Å². The summed E-state index contributed by atoms with van der Waals surface area (Å²) in [6, 6.07) is 0. The molecule has 1 saturated heterocycles. The second-order valence-corrected chi connectivity index (χ2v) is 7.84. The molecular weight excluding hydrogens is 270 g/mol. The lowest BCUT2D eigenvalue weighted by atomic mass is 9.49. The lowest BCUT2D eigenvalue weighted by Gasteiger charge is -2.56. The van der Waals surface area contributed by atoms with E-state index in [1.54, 1.807) is 0 Å². The number of hydrogen-bond acceptors (Lipinski definition) is 3. The van der Waals surface area contributed by atoms with Crippen molar-refractivity contribution in [3.8, 4) is 0 Å². The van der Waals surface area contributed by atoms with Crippen LogP contribution >= 0.6 is 0 Å². The van der Waals surface area contributed by atoms with Crippen LogP contribution in [0.3, 0.4) is 0 Å². The van der Waals surface area contributed by atoms with Crippen LogP contribution in [-0.2, 0) is 14.3 Å². The van der Waals surface area contributed by atoms with Gasteiger partial charge in [-0.2, -0.15) is 0 Å². The van der Waals surface area contributed by atoms with Gasteiger partial charge in [-0.15, -0.1) is 0 Å². The van der Waals surface area contributed by atoms with E-state index in [4.69, 9.17) is 4.74 Å². The summed E-state index contributed by atoms with van der Waals surface area (Å²) in [6.45, 7) is 0.508. The van der Waals surface area contributed by atoms with Crippen molar-refractivity contribution >= 4 is 11.9 Å². The van der Waals surface area contributed by atoms with Crippen molar-refractivity contribution in [1.82, 2.24) is 5.32 Å². The molecule has 5 fully saturated rings. The Morgan fingerprint density at radius 1 is 1.05 bits per heavy atom. The first kappa shape index (κ1) is 13.6. The van der Waals surface area contributed by atoms with E-state index in [-0.39, 0.29) is 17.9 Å². The van der Waals surface area contributed by atoms with E-state index < -0.39 is 11.5 Å². The van der Waals surface area contributed by atoms with Crippen molar-refractivity contribution in [2.75, 3.05) is 13.2 Å². The molecule has 1 heterocycles. The summed E-state index contributed by atoms with van der Waals surface area (Å²) in [4.78, 5) is 24.5. The number of ether oxygens (including phenoxy) is 1. The van der Waals surface area contributed by atoms with Crippen LogP contribution in [0.5, 0.6) is 0 Å². The molecule has 0 aromatic rings. The zero-order valence-electron chi connectivity index (χ0n) is 12.3. The molecule has 0 aromatic heterocycles. The maximum Gasteiger partial charge on any atom is 0.331 e. The lowest BCUT2D eigenvalue weighted by molar-refractivity contribution is -0.156. The fourth-order valence-electron chi connectivity index (χ4n) is 5.62. The minimum Gasteiger partial charge on any atom is -0.479 e. The van der Waals surface area contributed by atoms with E-state index in [1.165, 1.54) is 19.3 Å². The SMILES string of the molecule is O=C(NC1(C(=O)O)CCOC1)C12CC3CC(CC(C3)C1)C2. The molecule has 4 bridgehead atoms. The van der Waals surface area contributed by atoms with Gasteiger partial charge < -0.3 is 15.2 Å². The molecule has 1 atom stereocenters. The molecule has 0 aromatic carbocycles. The Kier molecular flexibility index (Phi) is 2.87. The quantitative estimate of drug-likeness (QED) is 0.828. The predicted molar refractivity (Wildman–Crippen MR) is 74.6 cm³/mol. The third kappa shape index (κ3) is 2.00. The molecule has 0 radical (unpaired) electrons. The summed E-state index contributed by atoms with van der Waals surface area (Å²) in [5, 5.41) is 12.4. The summed E-state index contributed by atoms with van der Waals surface area (Å²) in [5.41, 5.74) is -1.49. The Morgan fingerprint density at radius 2 is 1.62 bits per heavy atom. The minimum absolute atomic E-state index is 0.0190. The zero-order chi connectivity index (χ0) is 14.7.